The lowest BCUT2D eigenvalue weighted by Gasteiger charge is -2.15. The number of hydrogen-bond donors (Lipinski definition) is 3. The largest absolute Gasteiger partial charge is 0.350 e. The van der Waals surface area contributed by atoms with Gasteiger partial charge in [-0.3, -0.25) is 14.9 Å². The van der Waals surface area contributed by atoms with E-state index in [2.05, 4.69) is 21.0 Å². The number of hydrogen-bond acceptors (Lipinski definition) is 4. The zero-order valence-corrected chi connectivity index (χ0v) is 12.9. The standard InChI is InChI=1S/C16H17N5O3/c22-14-6-5-13(19-16(24)20-14)15(23)17-10-11-3-1-4-12(9-11)21-8-2-7-18-21/h1-4,7-9,13H,5-6,10H2,(H,17,23)(H2,19,20,22,24)/t13-/m0/s1. The van der Waals surface area contributed by atoms with Gasteiger partial charge in [-0.1, -0.05) is 12.1 Å². The van der Waals surface area contributed by atoms with Crippen LogP contribution in [0, 0.1) is 0 Å². The van der Waals surface area contributed by atoms with Gasteiger partial charge in [0.2, 0.25) is 11.8 Å². The Balaban J connectivity index is 1.61. The summed E-state index contributed by atoms with van der Waals surface area (Å²) in [4.78, 5) is 34.9. The number of imide groups is 1. The third-order valence-electron chi connectivity index (χ3n) is 3.68. The molecule has 1 aromatic carbocycles. The van der Waals surface area contributed by atoms with Crippen molar-refractivity contribution in [2.75, 3.05) is 0 Å². The molecule has 3 N–H and O–H groups in total. The zero-order chi connectivity index (χ0) is 16.9. The minimum absolute atomic E-state index is 0.131. The summed E-state index contributed by atoms with van der Waals surface area (Å²) in [5.74, 6) is -0.695. The second-order valence-electron chi connectivity index (χ2n) is 5.45. The summed E-state index contributed by atoms with van der Waals surface area (Å²) in [5, 5.41) is 11.6. The van der Waals surface area contributed by atoms with E-state index in [9.17, 15) is 14.4 Å². The van der Waals surface area contributed by atoms with Crippen LogP contribution in [0.5, 0.6) is 0 Å². The fraction of sp³-hybridized carbons (Fsp3) is 0.250. The van der Waals surface area contributed by atoms with E-state index in [-0.39, 0.29) is 24.7 Å². The quantitative estimate of drug-likeness (QED) is 0.759. The SMILES string of the molecule is O=C1CC[C@@H](C(=O)NCc2cccc(-n3cccn3)c2)NC(=O)N1. The highest BCUT2D eigenvalue weighted by atomic mass is 16.2. The van der Waals surface area contributed by atoms with Crippen molar-refractivity contribution in [3.05, 3.63) is 48.3 Å². The number of carbonyl (C=O) groups excluding carboxylic acids is 3. The molecular weight excluding hydrogens is 310 g/mol. The molecule has 2 aromatic rings. The predicted molar refractivity (Wildman–Crippen MR) is 85.1 cm³/mol. The molecule has 0 unspecified atom stereocenters. The van der Waals surface area contributed by atoms with Crippen molar-refractivity contribution < 1.29 is 14.4 Å². The highest BCUT2D eigenvalue weighted by Gasteiger charge is 2.25. The molecule has 3 rings (SSSR count). The van der Waals surface area contributed by atoms with Gasteiger partial charge in [0.25, 0.3) is 0 Å². The van der Waals surface area contributed by atoms with Crippen molar-refractivity contribution >= 4 is 17.8 Å². The Kier molecular flexibility index (Phi) is 4.55. The third-order valence-corrected chi connectivity index (χ3v) is 3.68. The number of amides is 4. The molecule has 1 atom stereocenters. The van der Waals surface area contributed by atoms with Crippen LogP contribution in [0.25, 0.3) is 5.69 Å². The Labute approximate surface area is 138 Å². The molecule has 2 heterocycles. The van der Waals surface area contributed by atoms with E-state index < -0.39 is 12.1 Å². The molecule has 0 aliphatic carbocycles. The summed E-state index contributed by atoms with van der Waals surface area (Å²) in [5.41, 5.74) is 1.80. The molecule has 0 spiro atoms. The molecule has 0 saturated carbocycles. The van der Waals surface area contributed by atoms with Crippen molar-refractivity contribution in [1.29, 1.82) is 0 Å². The molecule has 1 aliphatic heterocycles. The Morgan fingerprint density at radius 3 is 3.00 bits per heavy atom. The van der Waals surface area contributed by atoms with Gasteiger partial charge in [-0.15, -0.1) is 0 Å². The molecule has 1 aromatic heterocycles. The number of nitrogens with one attached hydrogen (secondary N) is 3. The molecule has 4 amide bonds. The maximum absolute atomic E-state index is 12.2. The molecule has 8 nitrogen and oxygen atoms in total. The van der Waals surface area contributed by atoms with Crippen LogP contribution in [0.1, 0.15) is 18.4 Å². The van der Waals surface area contributed by atoms with E-state index >= 15 is 0 Å². The minimum atomic E-state index is -0.717. The fourth-order valence-electron chi connectivity index (χ4n) is 2.47. The topological polar surface area (TPSA) is 105 Å². The first-order valence-electron chi connectivity index (χ1n) is 7.59. The van der Waals surface area contributed by atoms with Crippen LogP contribution in [0.2, 0.25) is 0 Å². The van der Waals surface area contributed by atoms with E-state index in [4.69, 9.17) is 0 Å². The third kappa shape index (κ3) is 3.78. The van der Waals surface area contributed by atoms with Gasteiger partial charge in [0.05, 0.1) is 5.69 Å². The van der Waals surface area contributed by atoms with E-state index in [1.807, 2.05) is 36.5 Å². The molecular formula is C16H17N5O3. The van der Waals surface area contributed by atoms with Crippen molar-refractivity contribution in [1.82, 2.24) is 25.7 Å². The van der Waals surface area contributed by atoms with Gasteiger partial charge < -0.3 is 10.6 Å². The number of carbonyl (C=O) groups is 3. The van der Waals surface area contributed by atoms with Crippen molar-refractivity contribution in [3.8, 4) is 5.69 Å². The molecule has 0 bridgehead atoms. The van der Waals surface area contributed by atoms with E-state index in [1.165, 1.54) is 0 Å². The van der Waals surface area contributed by atoms with Crippen LogP contribution in [-0.4, -0.2) is 33.7 Å². The highest BCUT2D eigenvalue weighted by molar-refractivity contribution is 5.98. The lowest BCUT2D eigenvalue weighted by Crippen LogP contribution is -2.48. The van der Waals surface area contributed by atoms with Crippen molar-refractivity contribution in [2.24, 2.45) is 0 Å². The highest BCUT2D eigenvalue weighted by Crippen LogP contribution is 2.10. The number of benzene rings is 1. The molecule has 1 saturated heterocycles. The number of aromatic nitrogens is 2. The molecule has 124 valence electrons. The Morgan fingerprint density at radius 1 is 1.33 bits per heavy atom. The lowest BCUT2D eigenvalue weighted by molar-refractivity contribution is -0.123. The van der Waals surface area contributed by atoms with Crippen molar-refractivity contribution in [2.45, 2.75) is 25.4 Å². The fourth-order valence-corrected chi connectivity index (χ4v) is 2.47. The van der Waals surface area contributed by atoms with Crippen LogP contribution in [-0.2, 0) is 16.1 Å². The summed E-state index contributed by atoms with van der Waals surface area (Å²) in [6, 6.07) is 8.09. The maximum atomic E-state index is 12.2. The van der Waals surface area contributed by atoms with Gasteiger partial charge in [0.15, 0.2) is 0 Å². The van der Waals surface area contributed by atoms with Gasteiger partial charge in [0.1, 0.15) is 6.04 Å². The van der Waals surface area contributed by atoms with Gasteiger partial charge in [-0.2, -0.15) is 5.10 Å². The summed E-state index contributed by atoms with van der Waals surface area (Å²) in [7, 11) is 0. The van der Waals surface area contributed by atoms with E-state index in [0.717, 1.165) is 11.3 Å². The minimum Gasteiger partial charge on any atom is -0.350 e. The number of rotatable bonds is 4. The second kappa shape index (κ2) is 6.95. The Bertz CT molecular complexity index is 757. The zero-order valence-electron chi connectivity index (χ0n) is 12.9. The molecule has 24 heavy (non-hydrogen) atoms. The van der Waals surface area contributed by atoms with Gasteiger partial charge in [0, 0.05) is 25.4 Å². The maximum Gasteiger partial charge on any atom is 0.322 e. The normalized spacial score (nSPS) is 17.6. The Hall–Kier alpha value is -3.16. The molecule has 0 radical (unpaired) electrons. The van der Waals surface area contributed by atoms with Crippen LogP contribution in [0.15, 0.2) is 42.7 Å². The Morgan fingerprint density at radius 2 is 2.21 bits per heavy atom. The summed E-state index contributed by atoms with van der Waals surface area (Å²) < 4.78 is 1.73. The number of nitrogens with zero attached hydrogens (tertiary/aromatic N) is 2. The first-order valence-corrected chi connectivity index (χ1v) is 7.59. The van der Waals surface area contributed by atoms with Crippen LogP contribution >= 0.6 is 0 Å². The van der Waals surface area contributed by atoms with Gasteiger partial charge >= 0.3 is 6.03 Å². The smallest absolute Gasteiger partial charge is 0.322 e. The predicted octanol–water partition coefficient (Wildman–Crippen LogP) is 0.477. The summed E-state index contributed by atoms with van der Waals surface area (Å²) in [6.07, 6.45) is 3.93. The van der Waals surface area contributed by atoms with Crippen LogP contribution in [0.3, 0.4) is 0 Å². The van der Waals surface area contributed by atoms with Crippen molar-refractivity contribution in [3.63, 3.8) is 0 Å². The average Bonchev–Trinajstić information content (AvgIpc) is 3.05. The first kappa shape index (κ1) is 15.7. The lowest BCUT2D eigenvalue weighted by atomic mass is 10.1. The van der Waals surface area contributed by atoms with Gasteiger partial charge in [-0.25, -0.2) is 9.48 Å². The van der Waals surface area contributed by atoms with Crippen LogP contribution in [0.4, 0.5) is 4.79 Å². The second-order valence-corrected chi connectivity index (χ2v) is 5.45. The first-order chi connectivity index (χ1) is 11.6. The molecule has 1 aliphatic rings. The monoisotopic (exact) mass is 327 g/mol. The van der Waals surface area contributed by atoms with Crippen LogP contribution < -0.4 is 16.0 Å². The average molecular weight is 327 g/mol. The molecule has 8 heteroatoms. The number of urea groups is 1. The van der Waals surface area contributed by atoms with E-state index in [1.54, 1.807) is 10.9 Å². The summed E-state index contributed by atoms with van der Waals surface area (Å²) >= 11 is 0. The summed E-state index contributed by atoms with van der Waals surface area (Å²) in [6.45, 7) is 0.321. The molecule has 1 fully saturated rings. The van der Waals surface area contributed by atoms with E-state index in [0.29, 0.717) is 6.54 Å². The van der Waals surface area contributed by atoms with Gasteiger partial charge in [-0.05, 0) is 30.2 Å².